The lowest BCUT2D eigenvalue weighted by Gasteiger charge is -2.22. The quantitative estimate of drug-likeness (QED) is 0.505. The van der Waals surface area contributed by atoms with Gasteiger partial charge in [-0.3, -0.25) is 9.67 Å². The molecular weight excluding hydrogens is 281 g/mol. The monoisotopic (exact) mass is 303 g/mol. The Bertz CT molecular complexity index is 577. The molecule has 0 aliphatic carbocycles. The minimum Gasteiger partial charge on any atom is -0.356 e. The molecule has 0 atom stereocenters. The van der Waals surface area contributed by atoms with Crippen LogP contribution in [0, 0.1) is 5.82 Å². The normalized spacial score (nSPS) is 11.5. The summed E-state index contributed by atoms with van der Waals surface area (Å²) in [6, 6.07) is 8.45. The Hall–Kier alpha value is -2.37. The summed E-state index contributed by atoms with van der Waals surface area (Å²) in [5, 5.41) is 7.49. The van der Waals surface area contributed by atoms with Crippen molar-refractivity contribution in [3.63, 3.8) is 0 Å². The van der Waals surface area contributed by atoms with Crippen LogP contribution in [0.1, 0.15) is 12.0 Å². The van der Waals surface area contributed by atoms with E-state index in [0.717, 1.165) is 31.0 Å². The van der Waals surface area contributed by atoms with Gasteiger partial charge in [0.05, 0.1) is 0 Å². The first-order valence-corrected chi connectivity index (χ1v) is 7.32. The van der Waals surface area contributed by atoms with Gasteiger partial charge >= 0.3 is 0 Å². The van der Waals surface area contributed by atoms with Crippen LogP contribution in [0.25, 0.3) is 0 Å². The first-order valence-electron chi connectivity index (χ1n) is 7.32. The van der Waals surface area contributed by atoms with Crippen molar-refractivity contribution in [3.05, 3.63) is 54.1 Å². The summed E-state index contributed by atoms with van der Waals surface area (Å²) in [4.78, 5) is 6.29. The second-order valence-electron chi connectivity index (χ2n) is 5.08. The van der Waals surface area contributed by atoms with Gasteiger partial charge in [0, 0.05) is 46.1 Å². The minimum absolute atomic E-state index is 0.215. The predicted octanol–water partition coefficient (Wildman–Crippen LogP) is 2.12. The van der Waals surface area contributed by atoms with E-state index in [-0.39, 0.29) is 5.82 Å². The largest absolute Gasteiger partial charge is 0.356 e. The average Bonchev–Trinajstić information content (AvgIpc) is 3.03. The molecule has 1 N–H and O–H groups in total. The summed E-state index contributed by atoms with van der Waals surface area (Å²) in [6.45, 7) is 2.37. The molecule has 118 valence electrons. The first kappa shape index (κ1) is 16.0. The second kappa shape index (κ2) is 8.17. The number of aliphatic imine (C=N–C) groups is 1. The van der Waals surface area contributed by atoms with Crippen molar-refractivity contribution in [3.8, 4) is 0 Å². The highest BCUT2D eigenvalue weighted by molar-refractivity contribution is 5.79. The van der Waals surface area contributed by atoms with Crippen LogP contribution in [0.4, 0.5) is 4.39 Å². The highest BCUT2D eigenvalue weighted by atomic mass is 19.1. The Labute approximate surface area is 130 Å². The number of guanidine groups is 1. The van der Waals surface area contributed by atoms with Crippen molar-refractivity contribution < 1.29 is 4.39 Å². The Morgan fingerprint density at radius 1 is 1.36 bits per heavy atom. The van der Waals surface area contributed by atoms with E-state index in [2.05, 4.69) is 15.4 Å². The molecule has 22 heavy (non-hydrogen) atoms. The van der Waals surface area contributed by atoms with Crippen molar-refractivity contribution in [2.45, 2.75) is 19.5 Å². The molecule has 2 rings (SSSR count). The van der Waals surface area contributed by atoms with Crippen LogP contribution in [-0.4, -0.2) is 41.3 Å². The summed E-state index contributed by atoms with van der Waals surface area (Å²) < 4.78 is 14.8. The molecule has 0 aliphatic heterocycles. The van der Waals surface area contributed by atoms with E-state index in [0.29, 0.717) is 6.54 Å². The Morgan fingerprint density at radius 2 is 2.14 bits per heavy atom. The lowest BCUT2D eigenvalue weighted by atomic mass is 10.2. The summed E-state index contributed by atoms with van der Waals surface area (Å²) in [6.07, 6.45) is 4.70. The number of halogens is 1. The molecule has 0 fully saturated rings. The zero-order chi connectivity index (χ0) is 15.8. The number of aryl methyl sites for hydroxylation is 1. The van der Waals surface area contributed by atoms with Gasteiger partial charge in [-0.05, 0) is 30.2 Å². The molecular formula is C16H22FN5. The SMILES string of the molecule is CN=C(NCCCn1cccn1)N(C)Cc1ccc(F)cc1. The molecule has 0 radical (unpaired) electrons. The van der Waals surface area contributed by atoms with Gasteiger partial charge in [0.2, 0.25) is 0 Å². The number of nitrogens with one attached hydrogen (secondary N) is 1. The number of hydrogen-bond donors (Lipinski definition) is 1. The number of rotatable bonds is 6. The van der Waals surface area contributed by atoms with Gasteiger partial charge in [-0.2, -0.15) is 5.10 Å². The van der Waals surface area contributed by atoms with Crippen LogP contribution < -0.4 is 5.32 Å². The van der Waals surface area contributed by atoms with Gasteiger partial charge in [0.15, 0.2) is 5.96 Å². The third-order valence-corrected chi connectivity index (χ3v) is 3.31. The maximum absolute atomic E-state index is 12.9. The number of benzene rings is 1. The third kappa shape index (κ3) is 4.87. The molecule has 0 spiro atoms. The molecule has 2 aromatic rings. The van der Waals surface area contributed by atoms with Crippen molar-refractivity contribution in [2.75, 3.05) is 20.6 Å². The fourth-order valence-corrected chi connectivity index (χ4v) is 2.20. The Balaban J connectivity index is 1.76. The Kier molecular flexibility index (Phi) is 5.94. The lowest BCUT2D eigenvalue weighted by molar-refractivity contribution is 0.470. The molecule has 1 aromatic heterocycles. The van der Waals surface area contributed by atoms with E-state index in [1.807, 2.05) is 28.9 Å². The molecule has 0 unspecified atom stereocenters. The number of nitrogens with zero attached hydrogens (tertiary/aromatic N) is 4. The van der Waals surface area contributed by atoms with Crippen molar-refractivity contribution in [2.24, 2.45) is 4.99 Å². The Morgan fingerprint density at radius 3 is 2.77 bits per heavy atom. The molecule has 0 saturated carbocycles. The van der Waals surface area contributed by atoms with Crippen LogP contribution in [0.3, 0.4) is 0 Å². The van der Waals surface area contributed by atoms with E-state index in [1.165, 1.54) is 12.1 Å². The van der Waals surface area contributed by atoms with Gasteiger partial charge in [-0.25, -0.2) is 4.39 Å². The molecule has 0 amide bonds. The highest BCUT2D eigenvalue weighted by Crippen LogP contribution is 2.05. The minimum atomic E-state index is -0.215. The highest BCUT2D eigenvalue weighted by Gasteiger charge is 2.06. The van der Waals surface area contributed by atoms with E-state index in [9.17, 15) is 4.39 Å². The van der Waals surface area contributed by atoms with Crippen LogP contribution in [0.15, 0.2) is 47.7 Å². The first-order chi connectivity index (χ1) is 10.7. The van der Waals surface area contributed by atoms with E-state index < -0.39 is 0 Å². The van der Waals surface area contributed by atoms with Gasteiger partial charge in [-0.15, -0.1) is 0 Å². The predicted molar refractivity (Wildman–Crippen MR) is 86.1 cm³/mol. The standard InChI is InChI=1S/C16H22FN5/c1-18-16(19-9-3-11-22-12-4-10-20-22)21(2)13-14-5-7-15(17)8-6-14/h4-8,10,12H,3,9,11,13H2,1-2H3,(H,18,19). The van der Waals surface area contributed by atoms with Crippen LogP contribution in [0.5, 0.6) is 0 Å². The van der Waals surface area contributed by atoms with E-state index in [4.69, 9.17) is 0 Å². The molecule has 0 saturated heterocycles. The maximum atomic E-state index is 12.9. The van der Waals surface area contributed by atoms with Crippen LogP contribution in [0.2, 0.25) is 0 Å². The van der Waals surface area contributed by atoms with Crippen LogP contribution in [-0.2, 0) is 13.1 Å². The number of aromatic nitrogens is 2. The summed E-state index contributed by atoms with van der Waals surface area (Å²) >= 11 is 0. The summed E-state index contributed by atoms with van der Waals surface area (Å²) in [5.74, 6) is 0.609. The molecule has 1 aromatic carbocycles. The average molecular weight is 303 g/mol. The van der Waals surface area contributed by atoms with Gasteiger partial charge < -0.3 is 10.2 Å². The van der Waals surface area contributed by atoms with Crippen molar-refractivity contribution >= 4 is 5.96 Å². The van der Waals surface area contributed by atoms with Gasteiger partial charge in [-0.1, -0.05) is 12.1 Å². The molecule has 0 bridgehead atoms. The topological polar surface area (TPSA) is 45.5 Å². The van der Waals surface area contributed by atoms with Crippen molar-refractivity contribution in [1.29, 1.82) is 0 Å². The smallest absolute Gasteiger partial charge is 0.193 e. The zero-order valence-corrected chi connectivity index (χ0v) is 13.0. The van der Waals surface area contributed by atoms with Gasteiger partial charge in [0.1, 0.15) is 5.82 Å². The summed E-state index contributed by atoms with van der Waals surface area (Å²) in [7, 11) is 3.73. The second-order valence-corrected chi connectivity index (χ2v) is 5.08. The number of hydrogen-bond acceptors (Lipinski definition) is 2. The fraction of sp³-hybridized carbons (Fsp3) is 0.375. The van der Waals surface area contributed by atoms with Crippen LogP contribution >= 0.6 is 0 Å². The molecule has 5 nitrogen and oxygen atoms in total. The lowest BCUT2D eigenvalue weighted by Crippen LogP contribution is -2.39. The molecule has 0 aliphatic rings. The fourth-order valence-electron chi connectivity index (χ4n) is 2.20. The molecule has 1 heterocycles. The zero-order valence-electron chi connectivity index (χ0n) is 13.0. The van der Waals surface area contributed by atoms with Gasteiger partial charge in [0.25, 0.3) is 0 Å². The maximum Gasteiger partial charge on any atom is 0.193 e. The summed E-state index contributed by atoms with van der Waals surface area (Å²) in [5.41, 5.74) is 1.04. The van der Waals surface area contributed by atoms with Crippen molar-refractivity contribution in [1.82, 2.24) is 20.0 Å². The van der Waals surface area contributed by atoms with E-state index in [1.54, 1.807) is 25.4 Å². The molecule has 6 heteroatoms. The third-order valence-electron chi connectivity index (χ3n) is 3.31. The van der Waals surface area contributed by atoms with E-state index >= 15 is 0 Å².